The van der Waals surface area contributed by atoms with Crippen molar-refractivity contribution in [1.29, 1.82) is 0 Å². The number of nitrogen functional groups attached to an aromatic ring is 1. The number of hydrogen-bond acceptors (Lipinski definition) is 5. The Balaban J connectivity index is 1.67. The maximum atomic E-state index is 12.5. The second kappa shape index (κ2) is 5.69. The number of rotatable bonds is 2. The second-order valence-corrected chi connectivity index (χ2v) is 5.59. The van der Waals surface area contributed by atoms with Crippen molar-refractivity contribution in [2.24, 2.45) is 11.8 Å². The van der Waals surface area contributed by atoms with Crippen molar-refractivity contribution in [3.63, 3.8) is 0 Å². The van der Waals surface area contributed by atoms with Crippen LogP contribution < -0.4 is 16.6 Å². The van der Waals surface area contributed by atoms with E-state index in [2.05, 4.69) is 15.7 Å². The number of carbonyl (C=O) groups excluding carboxylic acids is 2. The lowest BCUT2D eigenvalue weighted by Crippen LogP contribution is -2.55. The summed E-state index contributed by atoms with van der Waals surface area (Å²) in [5.41, 5.74) is 3.00. The monoisotopic (exact) mass is 289 g/mol. The van der Waals surface area contributed by atoms with E-state index >= 15 is 0 Å². The third-order valence-electron chi connectivity index (χ3n) is 4.27. The van der Waals surface area contributed by atoms with E-state index in [-0.39, 0.29) is 17.9 Å². The predicted molar refractivity (Wildman–Crippen MR) is 77.2 cm³/mol. The Kier molecular flexibility index (Phi) is 3.74. The van der Waals surface area contributed by atoms with E-state index in [9.17, 15) is 9.59 Å². The number of anilines is 1. The van der Waals surface area contributed by atoms with Crippen LogP contribution in [-0.4, -0.2) is 40.8 Å². The van der Waals surface area contributed by atoms with E-state index in [4.69, 9.17) is 5.84 Å². The van der Waals surface area contributed by atoms with E-state index in [0.29, 0.717) is 36.8 Å². The first kappa shape index (κ1) is 13.8. The third-order valence-corrected chi connectivity index (χ3v) is 4.27. The standard InChI is InChI=1S/C14H19N5O2/c15-18-12-3-1-9(7-16-12)14(21)19-6-5-11-10(8-19)2-4-13(20)17-11/h1,3,7,10-11H,2,4-6,8,15H2,(H,16,18)(H,17,20). The molecule has 2 saturated heterocycles. The van der Waals surface area contributed by atoms with Gasteiger partial charge < -0.3 is 15.6 Å². The summed E-state index contributed by atoms with van der Waals surface area (Å²) in [7, 11) is 0. The summed E-state index contributed by atoms with van der Waals surface area (Å²) in [6.45, 7) is 1.36. The van der Waals surface area contributed by atoms with Gasteiger partial charge in [-0.1, -0.05) is 0 Å². The number of aromatic nitrogens is 1. The summed E-state index contributed by atoms with van der Waals surface area (Å²) >= 11 is 0. The Morgan fingerprint density at radius 1 is 1.43 bits per heavy atom. The highest BCUT2D eigenvalue weighted by Crippen LogP contribution is 2.26. The molecule has 0 saturated carbocycles. The molecule has 2 amide bonds. The van der Waals surface area contributed by atoms with Crippen LogP contribution in [0.25, 0.3) is 0 Å². The Morgan fingerprint density at radius 2 is 2.29 bits per heavy atom. The lowest BCUT2D eigenvalue weighted by molar-refractivity contribution is -0.125. The molecule has 3 rings (SSSR count). The minimum atomic E-state index is -0.0126. The van der Waals surface area contributed by atoms with Gasteiger partial charge in [-0.2, -0.15) is 0 Å². The van der Waals surface area contributed by atoms with Crippen molar-refractivity contribution < 1.29 is 9.59 Å². The topological polar surface area (TPSA) is 100 Å². The van der Waals surface area contributed by atoms with Gasteiger partial charge in [-0.15, -0.1) is 0 Å². The minimum Gasteiger partial charge on any atom is -0.353 e. The number of hydrogen-bond donors (Lipinski definition) is 3. The maximum absolute atomic E-state index is 12.5. The van der Waals surface area contributed by atoms with Crippen molar-refractivity contribution in [3.05, 3.63) is 23.9 Å². The average molecular weight is 289 g/mol. The normalized spacial score (nSPS) is 25.0. The third kappa shape index (κ3) is 2.82. The summed E-state index contributed by atoms with van der Waals surface area (Å²) in [6.07, 6.45) is 3.76. The average Bonchev–Trinajstić information content (AvgIpc) is 2.53. The summed E-state index contributed by atoms with van der Waals surface area (Å²) in [5.74, 6) is 6.27. The zero-order valence-electron chi connectivity index (χ0n) is 11.7. The van der Waals surface area contributed by atoms with Gasteiger partial charge in [0.15, 0.2) is 0 Å². The molecule has 0 aromatic carbocycles. The molecule has 3 heterocycles. The lowest BCUT2D eigenvalue weighted by atomic mass is 9.85. The molecule has 2 unspecified atom stereocenters. The number of nitrogens with two attached hydrogens (primary N) is 1. The first-order valence-corrected chi connectivity index (χ1v) is 7.18. The van der Waals surface area contributed by atoms with Gasteiger partial charge >= 0.3 is 0 Å². The van der Waals surface area contributed by atoms with Crippen molar-refractivity contribution in [3.8, 4) is 0 Å². The predicted octanol–water partition coefficient (Wildman–Crippen LogP) is 0.108. The Labute approximate surface area is 122 Å². The molecule has 7 heteroatoms. The van der Waals surface area contributed by atoms with Crippen LogP contribution in [0, 0.1) is 5.92 Å². The zero-order chi connectivity index (χ0) is 14.8. The van der Waals surface area contributed by atoms with E-state index in [1.54, 1.807) is 12.1 Å². The fourth-order valence-electron chi connectivity index (χ4n) is 3.08. The van der Waals surface area contributed by atoms with Crippen LogP contribution in [0.2, 0.25) is 0 Å². The van der Waals surface area contributed by atoms with Gasteiger partial charge in [0.05, 0.1) is 5.56 Å². The van der Waals surface area contributed by atoms with E-state index in [0.717, 1.165) is 12.8 Å². The van der Waals surface area contributed by atoms with Crippen LogP contribution in [0.4, 0.5) is 5.82 Å². The molecule has 21 heavy (non-hydrogen) atoms. The molecule has 2 fully saturated rings. The number of nitrogens with zero attached hydrogens (tertiary/aromatic N) is 2. The van der Waals surface area contributed by atoms with Gasteiger partial charge in [-0.3, -0.25) is 9.59 Å². The Bertz CT molecular complexity index is 545. The summed E-state index contributed by atoms with van der Waals surface area (Å²) in [6, 6.07) is 3.62. The molecular formula is C14H19N5O2. The Hall–Kier alpha value is -2.15. The van der Waals surface area contributed by atoms with Crippen LogP contribution in [0.15, 0.2) is 18.3 Å². The number of carbonyl (C=O) groups is 2. The quantitative estimate of drug-likeness (QED) is 0.530. The van der Waals surface area contributed by atoms with Crippen molar-refractivity contribution in [2.75, 3.05) is 18.5 Å². The number of hydrazine groups is 1. The maximum Gasteiger partial charge on any atom is 0.255 e. The largest absolute Gasteiger partial charge is 0.353 e. The van der Waals surface area contributed by atoms with Gasteiger partial charge in [0, 0.05) is 31.7 Å². The van der Waals surface area contributed by atoms with E-state index < -0.39 is 0 Å². The van der Waals surface area contributed by atoms with Gasteiger partial charge in [0.2, 0.25) is 5.91 Å². The van der Waals surface area contributed by atoms with E-state index in [1.165, 1.54) is 6.20 Å². The molecule has 7 nitrogen and oxygen atoms in total. The highest BCUT2D eigenvalue weighted by atomic mass is 16.2. The first-order chi connectivity index (χ1) is 10.2. The fourth-order valence-corrected chi connectivity index (χ4v) is 3.08. The molecule has 0 spiro atoms. The van der Waals surface area contributed by atoms with E-state index in [1.807, 2.05) is 4.90 Å². The van der Waals surface area contributed by atoms with Crippen LogP contribution in [-0.2, 0) is 4.79 Å². The number of amides is 2. The van der Waals surface area contributed by atoms with Gasteiger partial charge in [-0.25, -0.2) is 10.8 Å². The smallest absolute Gasteiger partial charge is 0.255 e. The summed E-state index contributed by atoms with van der Waals surface area (Å²) in [5, 5.41) is 3.02. The van der Waals surface area contributed by atoms with Crippen molar-refractivity contribution in [1.82, 2.24) is 15.2 Å². The van der Waals surface area contributed by atoms with Crippen molar-refractivity contribution >= 4 is 17.6 Å². The second-order valence-electron chi connectivity index (χ2n) is 5.59. The Morgan fingerprint density at radius 3 is 3.00 bits per heavy atom. The highest BCUT2D eigenvalue weighted by Gasteiger charge is 2.35. The molecular weight excluding hydrogens is 270 g/mol. The number of piperidine rings is 2. The number of nitrogens with one attached hydrogen (secondary N) is 2. The van der Waals surface area contributed by atoms with Crippen LogP contribution in [0.5, 0.6) is 0 Å². The SMILES string of the molecule is NNc1ccc(C(=O)N2CCC3NC(=O)CCC3C2)cn1. The zero-order valence-corrected chi connectivity index (χ0v) is 11.7. The molecule has 2 atom stereocenters. The molecule has 1 aromatic rings. The van der Waals surface area contributed by atoms with Crippen LogP contribution >= 0.6 is 0 Å². The molecule has 2 aliphatic rings. The van der Waals surface area contributed by atoms with Gasteiger partial charge in [-0.05, 0) is 30.9 Å². The lowest BCUT2D eigenvalue weighted by Gasteiger charge is -2.41. The van der Waals surface area contributed by atoms with Gasteiger partial charge in [0.25, 0.3) is 5.91 Å². The van der Waals surface area contributed by atoms with Crippen LogP contribution in [0.1, 0.15) is 29.6 Å². The minimum absolute atomic E-state index is 0.0126. The molecule has 4 N–H and O–H groups in total. The van der Waals surface area contributed by atoms with Crippen LogP contribution in [0.3, 0.4) is 0 Å². The number of pyridine rings is 1. The molecule has 0 bridgehead atoms. The van der Waals surface area contributed by atoms with Crippen molar-refractivity contribution in [2.45, 2.75) is 25.3 Å². The fraction of sp³-hybridized carbons (Fsp3) is 0.500. The highest BCUT2D eigenvalue weighted by molar-refractivity contribution is 5.94. The summed E-state index contributed by atoms with van der Waals surface area (Å²) < 4.78 is 0. The first-order valence-electron chi connectivity index (χ1n) is 7.18. The molecule has 0 radical (unpaired) electrons. The molecule has 2 aliphatic heterocycles. The summed E-state index contributed by atoms with van der Waals surface area (Å²) in [4.78, 5) is 29.8. The molecule has 1 aromatic heterocycles. The number of fused-ring (bicyclic) bond motifs is 1. The molecule has 0 aliphatic carbocycles. The number of likely N-dealkylation sites (tertiary alicyclic amines) is 1. The molecule has 112 valence electrons. The van der Waals surface area contributed by atoms with Gasteiger partial charge in [0.1, 0.15) is 5.82 Å².